The van der Waals surface area contributed by atoms with Crippen molar-refractivity contribution >= 4 is 28.5 Å². The number of aromatic nitrogens is 2. The lowest BCUT2D eigenvalue weighted by atomic mass is 10.1. The molecule has 4 aromatic rings. The summed E-state index contributed by atoms with van der Waals surface area (Å²) in [5.41, 5.74) is 5.20. The molecular weight excluding hydrogens is 394 g/mol. The number of hydrogen-bond donors (Lipinski definition) is 1. The van der Waals surface area contributed by atoms with Gasteiger partial charge in [0, 0.05) is 19.5 Å². The Morgan fingerprint density at radius 3 is 2.57 bits per heavy atom. The molecule has 0 spiro atoms. The van der Waals surface area contributed by atoms with Crippen molar-refractivity contribution in [2.45, 2.75) is 26.3 Å². The number of carbonyl (C=O) groups excluding carboxylic acids is 1. The summed E-state index contributed by atoms with van der Waals surface area (Å²) in [7, 11) is 0. The number of halogens is 1. The fourth-order valence-electron chi connectivity index (χ4n) is 3.64. The molecule has 0 atom stereocenters. The summed E-state index contributed by atoms with van der Waals surface area (Å²) >= 11 is 6.11. The summed E-state index contributed by atoms with van der Waals surface area (Å²) < 4.78 is 2.29. The number of nitrogens with zero attached hydrogens (tertiary/aromatic N) is 2. The Kier molecular flexibility index (Phi) is 6.15. The van der Waals surface area contributed by atoms with E-state index in [1.165, 1.54) is 11.1 Å². The van der Waals surface area contributed by atoms with Crippen LogP contribution < -0.4 is 5.32 Å². The number of imidazole rings is 1. The summed E-state index contributed by atoms with van der Waals surface area (Å²) in [5.74, 6) is 0.889. The molecule has 0 aliphatic rings. The van der Waals surface area contributed by atoms with Gasteiger partial charge >= 0.3 is 0 Å². The molecule has 0 aliphatic heterocycles. The van der Waals surface area contributed by atoms with Crippen molar-refractivity contribution in [2.24, 2.45) is 0 Å². The van der Waals surface area contributed by atoms with Crippen molar-refractivity contribution in [3.05, 3.63) is 100 Å². The molecule has 3 aromatic carbocycles. The zero-order chi connectivity index (χ0) is 20.9. The van der Waals surface area contributed by atoms with Crippen molar-refractivity contribution in [3.63, 3.8) is 0 Å². The second-order valence-corrected chi connectivity index (χ2v) is 7.78. The lowest BCUT2D eigenvalue weighted by molar-refractivity contribution is 0.0953. The van der Waals surface area contributed by atoms with E-state index in [0.717, 1.165) is 36.2 Å². The number of rotatable bonds is 7. The Labute approximate surface area is 181 Å². The number of carbonyl (C=O) groups is 1. The lowest BCUT2D eigenvalue weighted by Crippen LogP contribution is -2.25. The first-order valence-corrected chi connectivity index (χ1v) is 10.5. The Hall–Kier alpha value is -3.11. The Morgan fingerprint density at radius 1 is 1.00 bits per heavy atom. The first kappa shape index (κ1) is 20.2. The second kappa shape index (κ2) is 9.14. The number of fused-ring (bicyclic) bond motifs is 1. The minimum atomic E-state index is -0.144. The SMILES string of the molecule is Cc1ccccc1Cn1c(CCCNC(=O)c2ccccc2Cl)nc2ccccc21. The standard InChI is InChI=1S/C25H24ClN3O/c1-18-9-2-3-10-19(18)17-29-23-14-7-6-13-22(23)28-24(29)15-8-16-27-25(30)20-11-4-5-12-21(20)26/h2-7,9-14H,8,15-17H2,1H3,(H,27,30). The van der Waals surface area contributed by atoms with Crippen LogP contribution in [0.25, 0.3) is 11.0 Å². The van der Waals surface area contributed by atoms with Crippen molar-refractivity contribution < 1.29 is 4.79 Å². The molecule has 152 valence electrons. The van der Waals surface area contributed by atoms with Crippen molar-refractivity contribution in [1.29, 1.82) is 0 Å². The van der Waals surface area contributed by atoms with Crippen LogP contribution in [0.2, 0.25) is 5.02 Å². The topological polar surface area (TPSA) is 46.9 Å². The molecule has 30 heavy (non-hydrogen) atoms. The zero-order valence-electron chi connectivity index (χ0n) is 16.9. The summed E-state index contributed by atoms with van der Waals surface area (Å²) in [4.78, 5) is 17.2. The van der Waals surface area contributed by atoms with Gasteiger partial charge in [-0.15, -0.1) is 0 Å². The fourth-order valence-corrected chi connectivity index (χ4v) is 3.86. The molecule has 1 N–H and O–H groups in total. The highest BCUT2D eigenvalue weighted by atomic mass is 35.5. The monoisotopic (exact) mass is 417 g/mol. The van der Waals surface area contributed by atoms with Gasteiger partial charge < -0.3 is 9.88 Å². The fraction of sp³-hybridized carbons (Fsp3) is 0.200. The van der Waals surface area contributed by atoms with Gasteiger partial charge in [0.2, 0.25) is 0 Å². The number of benzene rings is 3. The predicted molar refractivity (Wildman–Crippen MR) is 122 cm³/mol. The van der Waals surface area contributed by atoms with Crippen molar-refractivity contribution in [2.75, 3.05) is 6.54 Å². The van der Waals surface area contributed by atoms with Gasteiger partial charge in [-0.05, 0) is 48.7 Å². The molecule has 5 heteroatoms. The number of para-hydroxylation sites is 2. The van der Waals surface area contributed by atoms with Gasteiger partial charge in [0.05, 0.1) is 21.6 Å². The summed E-state index contributed by atoms with van der Waals surface area (Å²) in [6, 6.07) is 23.8. The van der Waals surface area contributed by atoms with Gasteiger partial charge in [0.15, 0.2) is 0 Å². The molecular formula is C25H24ClN3O. The van der Waals surface area contributed by atoms with E-state index in [1.54, 1.807) is 12.1 Å². The number of aryl methyl sites for hydroxylation is 2. The van der Waals surface area contributed by atoms with Gasteiger partial charge in [-0.1, -0.05) is 60.1 Å². The van der Waals surface area contributed by atoms with E-state index in [4.69, 9.17) is 16.6 Å². The molecule has 1 amide bonds. The van der Waals surface area contributed by atoms with Crippen LogP contribution in [0.4, 0.5) is 0 Å². The highest BCUT2D eigenvalue weighted by molar-refractivity contribution is 6.33. The molecule has 1 heterocycles. The van der Waals surface area contributed by atoms with Crippen LogP contribution in [-0.2, 0) is 13.0 Å². The molecule has 0 radical (unpaired) electrons. The molecule has 0 saturated heterocycles. The molecule has 0 bridgehead atoms. The van der Waals surface area contributed by atoms with Gasteiger partial charge in [-0.3, -0.25) is 4.79 Å². The van der Waals surface area contributed by atoms with Gasteiger partial charge in [0.1, 0.15) is 5.82 Å². The maximum absolute atomic E-state index is 12.3. The third-order valence-corrected chi connectivity index (χ3v) is 5.63. The minimum Gasteiger partial charge on any atom is -0.352 e. The third kappa shape index (κ3) is 4.39. The second-order valence-electron chi connectivity index (χ2n) is 7.37. The van der Waals surface area contributed by atoms with Crippen LogP contribution in [0.5, 0.6) is 0 Å². The van der Waals surface area contributed by atoms with Gasteiger partial charge in [-0.2, -0.15) is 0 Å². The first-order chi connectivity index (χ1) is 14.6. The van der Waals surface area contributed by atoms with E-state index < -0.39 is 0 Å². The quantitative estimate of drug-likeness (QED) is 0.409. The van der Waals surface area contributed by atoms with E-state index in [2.05, 4.69) is 47.1 Å². The molecule has 0 aliphatic carbocycles. The summed E-state index contributed by atoms with van der Waals surface area (Å²) in [6.07, 6.45) is 1.58. The highest BCUT2D eigenvalue weighted by Gasteiger charge is 2.13. The number of amides is 1. The molecule has 0 unspecified atom stereocenters. The van der Waals surface area contributed by atoms with E-state index >= 15 is 0 Å². The van der Waals surface area contributed by atoms with E-state index in [0.29, 0.717) is 17.1 Å². The number of hydrogen-bond acceptors (Lipinski definition) is 2. The van der Waals surface area contributed by atoms with Crippen LogP contribution >= 0.6 is 11.6 Å². The van der Waals surface area contributed by atoms with Gasteiger partial charge in [0.25, 0.3) is 5.91 Å². The molecule has 1 aromatic heterocycles. The van der Waals surface area contributed by atoms with Crippen molar-refractivity contribution in [3.8, 4) is 0 Å². The lowest BCUT2D eigenvalue weighted by Gasteiger charge is -2.12. The Balaban J connectivity index is 1.47. The van der Waals surface area contributed by atoms with E-state index in [-0.39, 0.29) is 5.91 Å². The number of nitrogens with one attached hydrogen (secondary N) is 1. The molecule has 4 nitrogen and oxygen atoms in total. The maximum Gasteiger partial charge on any atom is 0.252 e. The maximum atomic E-state index is 12.3. The molecule has 0 fully saturated rings. The third-order valence-electron chi connectivity index (χ3n) is 5.30. The Bertz CT molecular complexity index is 1180. The first-order valence-electron chi connectivity index (χ1n) is 10.1. The van der Waals surface area contributed by atoms with Crippen molar-refractivity contribution in [1.82, 2.24) is 14.9 Å². The summed E-state index contributed by atoms with van der Waals surface area (Å²) in [5, 5.41) is 3.43. The van der Waals surface area contributed by atoms with E-state index in [9.17, 15) is 4.79 Å². The van der Waals surface area contributed by atoms with Crippen LogP contribution in [0.15, 0.2) is 72.8 Å². The molecule has 0 saturated carbocycles. The van der Waals surface area contributed by atoms with Crippen LogP contribution in [0.3, 0.4) is 0 Å². The highest BCUT2D eigenvalue weighted by Crippen LogP contribution is 2.20. The van der Waals surface area contributed by atoms with Gasteiger partial charge in [-0.25, -0.2) is 4.98 Å². The Morgan fingerprint density at radius 2 is 1.73 bits per heavy atom. The summed E-state index contributed by atoms with van der Waals surface area (Å²) in [6.45, 7) is 3.49. The van der Waals surface area contributed by atoms with Crippen LogP contribution in [0, 0.1) is 6.92 Å². The minimum absolute atomic E-state index is 0.144. The van der Waals surface area contributed by atoms with Crippen LogP contribution in [0.1, 0.15) is 33.7 Å². The normalized spacial score (nSPS) is 11.0. The molecule has 4 rings (SSSR count). The van der Waals surface area contributed by atoms with Crippen LogP contribution in [-0.4, -0.2) is 22.0 Å². The average molecular weight is 418 g/mol. The average Bonchev–Trinajstić information content (AvgIpc) is 3.10. The predicted octanol–water partition coefficient (Wildman–Crippen LogP) is 5.41. The van der Waals surface area contributed by atoms with E-state index in [1.807, 2.05) is 30.3 Å². The largest absolute Gasteiger partial charge is 0.352 e. The smallest absolute Gasteiger partial charge is 0.252 e. The zero-order valence-corrected chi connectivity index (χ0v) is 17.7.